The van der Waals surface area contributed by atoms with Crippen LogP contribution in [0.2, 0.25) is 0 Å². The van der Waals surface area contributed by atoms with E-state index in [1.165, 1.54) is 0 Å². The van der Waals surface area contributed by atoms with Crippen molar-refractivity contribution in [1.82, 2.24) is 14.9 Å². The molecule has 5 nitrogen and oxygen atoms in total. The largest absolute Gasteiger partial charge is 0.344 e. The Labute approximate surface area is 103 Å². The number of hydrogen-bond donors (Lipinski definition) is 0. The van der Waals surface area contributed by atoms with Crippen molar-refractivity contribution >= 4 is 5.95 Å². The van der Waals surface area contributed by atoms with E-state index in [0.29, 0.717) is 11.6 Å². The molecule has 0 bridgehead atoms. The molecule has 0 fully saturated rings. The van der Waals surface area contributed by atoms with Crippen LogP contribution in [0.3, 0.4) is 0 Å². The van der Waals surface area contributed by atoms with Gasteiger partial charge in [0.05, 0.1) is 0 Å². The Morgan fingerprint density at radius 2 is 1.94 bits per heavy atom. The molecule has 1 aromatic heterocycles. The molecule has 0 radical (unpaired) electrons. The highest BCUT2D eigenvalue weighted by Gasteiger charge is 2.06. The van der Waals surface area contributed by atoms with Crippen LogP contribution in [0.15, 0.2) is 6.07 Å². The summed E-state index contributed by atoms with van der Waals surface area (Å²) in [4.78, 5) is 12.6. The molecule has 0 saturated carbocycles. The highest BCUT2D eigenvalue weighted by molar-refractivity contribution is 5.34. The number of nitrogens with zero attached hydrogens (tertiary/aromatic N) is 5. The Kier molecular flexibility index (Phi) is 4.85. The molecule has 1 aromatic rings. The van der Waals surface area contributed by atoms with Gasteiger partial charge >= 0.3 is 0 Å². The van der Waals surface area contributed by atoms with Gasteiger partial charge in [-0.05, 0) is 40.1 Å². The molecule has 0 amide bonds. The molecule has 5 heteroatoms. The summed E-state index contributed by atoms with van der Waals surface area (Å²) in [6.07, 6.45) is 1.04. The highest BCUT2D eigenvalue weighted by atomic mass is 15.2. The first kappa shape index (κ1) is 13.4. The molecule has 0 aliphatic heterocycles. The van der Waals surface area contributed by atoms with E-state index < -0.39 is 0 Å². The van der Waals surface area contributed by atoms with Crippen LogP contribution in [0.4, 0.5) is 5.95 Å². The lowest BCUT2D eigenvalue weighted by molar-refractivity contribution is 0.401. The fourth-order valence-corrected chi connectivity index (χ4v) is 1.50. The minimum Gasteiger partial charge on any atom is -0.344 e. The third-order valence-corrected chi connectivity index (χ3v) is 2.40. The third kappa shape index (κ3) is 4.37. The number of aryl methyl sites for hydroxylation is 1. The van der Waals surface area contributed by atoms with E-state index in [-0.39, 0.29) is 0 Å². The number of anilines is 1. The lowest BCUT2D eigenvalue weighted by Crippen LogP contribution is -2.25. The maximum absolute atomic E-state index is 8.85. The van der Waals surface area contributed by atoms with E-state index in [4.69, 9.17) is 5.26 Å². The van der Waals surface area contributed by atoms with Crippen molar-refractivity contribution in [2.45, 2.75) is 13.3 Å². The molecule has 0 aliphatic carbocycles. The van der Waals surface area contributed by atoms with Gasteiger partial charge in [0, 0.05) is 19.3 Å². The summed E-state index contributed by atoms with van der Waals surface area (Å²) >= 11 is 0. The minimum absolute atomic E-state index is 0.423. The SMILES string of the molecule is Cc1cc(C#N)nc(N(C)CCCN(C)C)n1. The summed E-state index contributed by atoms with van der Waals surface area (Å²) in [7, 11) is 6.06. The molecule has 0 N–H and O–H groups in total. The van der Waals surface area contributed by atoms with E-state index in [1.54, 1.807) is 6.07 Å². The lowest BCUT2D eigenvalue weighted by Gasteiger charge is -2.18. The molecule has 1 rings (SSSR count). The average Bonchev–Trinajstić information content (AvgIpc) is 2.27. The Bertz CT molecular complexity index is 408. The molecule has 17 heavy (non-hydrogen) atoms. The van der Waals surface area contributed by atoms with Crippen molar-refractivity contribution in [1.29, 1.82) is 5.26 Å². The van der Waals surface area contributed by atoms with Gasteiger partial charge in [-0.25, -0.2) is 9.97 Å². The zero-order valence-corrected chi connectivity index (χ0v) is 10.9. The van der Waals surface area contributed by atoms with Gasteiger partial charge < -0.3 is 9.80 Å². The Morgan fingerprint density at radius 3 is 2.53 bits per heavy atom. The summed E-state index contributed by atoms with van der Waals surface area (Å²) < 4.78 is 0. The fourth-order valence-electron chi connectivity index (χ4n) is 1.50. The average molecular weight is 233 g/mol. The number of aromatic nitrogens is 2. The molecule has 0 spiro atoms. The lowest BCUT2D eigenvalue weighted by atomic mass is 10.3. The monoisotopic (exact) mass is 233 g/mol. The van der Waals surface area contributed by atoms with Gasteiger partial charge in [0.15, 0.2) is 0 Å². The minimum atomic E-state index is 0.423. The van der Waals surface area contributed by atoms with Crippen LogP contribution in [-0.4, -0.2) is 49.1 Å². The fraction of sp³-hybridized carbons (Fsp3) is 0.583. The van der Waals surface area contributed by atoms with Crippen LogP contribution in [-0.2, 0) is 0 Å². The predicted molar refractivity (Wildman–Crippen MR) is 67.9 cm³/mol. The zero-order chi connectivity index (χ0) is 12.8. The van der Waals surface area contributed by atoms with Crippen LogP contribution in [0.1, 0.15) is 17.8 Å². The van der Waals surface area contributed by atoms with Gasteiger partial charge in [-0.2, -0.15) is 5.26 Å². The summed E-state index contributed by atoms with van der Waals surface area (Å²) in [5.41, 5.74) is 1.25. The highest BCUT2D eigenvalue weighted by Crippen LogP contribution is 2.08. The predicted octanol–water partition coefficient (Wildman–Crippen LogP) is 1.04. The van der Waals surface area contributed by atoms with E-state index >= 15 is 0 Å². The second kappa shape index (κ2) is 6.16. The van der Waals surface area contributed by atoms with Crippen molar-refractivity contribution in [2.24, 2.45) is 0 Å². The van der Waals surface area contributed by atoms with Gasteiger partial charge in [0.1, 0.15) is 11.8 Å². The van der Waals surface area contributed by atoms with Gasteiger partial charge in [-0.15, -0.1) is 0 Å². The zero-order valence-electron chi connectivity index (χ0n) is 10.9. The molecule has 0 saturated heterocycles. The van der Waals surface area contributed by atoms with Gasteiger partial charge in [0.2, 0.25) is 5.95 Å². The van der Waals surface area contributed by atoms with Crippen molar-refractivity contribution in [3.8, 4) is 6.07 Å². The van der Waals surface area contributed by atoms with Crippen LogP contribution >= 0.6 is 0 Å². The quantitative estimate of drug-likeness (QED) is 0.760. The Morgan fingerprint density at radius 1 is 1.24 bits per heavy atom. The van der Waals surface area contributed by atoms with Crippen molar-refractivity contribution in [3.05, 3.63) is 17.5 Å². The third-order valence-electron chi connectivity index (χ3n) is 2.40. The molecule has 0 aromatic carbocycles. The maximum Gasteiger partial charge on any atom is 0.226 e. The molecule has 0 unspecified atom stereocenters. The van der Waals surface area contributed by atoms with Crippen molar-refractivity contribution in [3.63, 3.8) is 0 Å². The van der Waals surface area contributed by atoms with Gasteiger partial charge in [-0.3, -0.25) is 0 Å². The number of hydrogen-bond acceptors (Lipinski definition) is 5. The molecule has 0 atom stereocenters. The molecule has 0 aliphatic rings. The molecule has 92 valence electrons. The number of rotatable bonds is 5. The summed E-state index contributed by atoms with van der Waals surface area (Å²) in [6, 6.07) is 3.74. The first-order valence-corrected chi connectivity index (χ1v) is 5.64. The normalized spacial score (nSPS) is 10.4. The first-order valence-electron chi connectivity index (χ1n) is 5.64. The molecule has 1 heterocycles. The first-order chi connectivity index (χ1) is 8.02. The van der Waals surface area contributed by atoms with E-state index in [2.05, 4.69) is 35.0 Å². The van der Waals surface area contributed by atoms with Crippen LogP contribution in [0.25, 0.3) is 0 Å². The summed E-state index contributed by atoms with van der Waals surface area (Å²) in [5, 5.41) is 8.85. The van der Waals surface area contributed by atoms with Crippen molar-refractivity contribution in [2.75, 3.05) is 39.1 Å². The smallest absolute Gasteiger partial charge is 0.226 e. The second-order valence-corrected chi connectivity index (χ2v) is 4.38. The molecular formula is C12H19N5. The Hall–Kier alpha value is -1.67. The summed E-state index contributed by atoms with van der Waals surface area (Å²) in [6.45, 7) is 3.79. The summed E-state index contributed by atoms with van der Waals surface area (Å²) in [5.74, 6) is 0.625. The van der Waals surface area contributed by atoms with E-state index in [1.807, 2.05) is 18.9 Å². The topological polar surface area (TPSA) is 56.1 Å². The van der Waals surface area contributed by atoms with Crippen molar-refractivity contribution < 1.29 is 0 Å². The maximum atomic E-state index is 8.85. The van der Waals surface area contributed by atoms with Crippen LogP contribution in [0.5, 0.6) is 0 Å². The van der Waals surface area contributed by atoms with E-state index in [0.717, 1.165) is 25.2 Å². The van der Waals surface area contributed by atoms with Crippen LogP contribution < -0.4 is 4.90 Å². The van der Waals surface area contributed by atoms with Crippen LogP contribution in [0, 0.1) is 18.3 Å². The molecular weight excluding hydrogens is 214 g/mol. The van der Waals surface area contributed by atoms with Gasteiger partial charge in [-0.1, -0.05) is 0 Å². The Balaban J connectivity index is 2.65. The number of nitriles is 1. The van der Waals surface area contributed by atoms with Gasteiger partial charge in [0.25, 0.3) is 0 Å². The van der Waals surface area contributed by atoms with E-state index in [9.17, 15) is 0 Å². The second-order valence-electron chi connectivity index (χ2n) is 4.38. The standard InChI is InChI=1S/C12H19N5/c1-10-8-11(9-13)15-12(14-10)17(4)7-5-6-16(2)3/h8H,5-7H2,1-4H3.